The number of benzene rings is 1. The normalized spacial score (nSPS) is 21.2. The molecular formula is C23H24ClF3N5O2+. The molecule has 1 amide bonds. The van der Waals surface area contributed by atoms with Crippen molar-refractivity contribution < 1.29 is 27.3 Å². The largest absolute Gasteiger partial charge is 0.467 e. The number of alkyl halides is 3. The summed E-state index contributed by atoms with van der Waals surface area (Å²) in [7, 11) is 0. The number of quaternary nitrogens is 1. The maximum atomic E-state index is 13.9. The number of amides is 1. The summed E-state index contributed by atoms with van der Waals surface area (Å²) in [6.45, 7) is 3.27. The number of carbonyl (C=O) groups is 1. The van der Waals surface area contributed by atoms with Crippen LogP contribution in [0.4, 0.5) is 19.0 Å². The second-order valence-electron chi connectivity index (χ2n) is 8.67. The van der Waals surface area contributed by atoms with E-state index in [1.54, 1.807) is 17.0 Å². The van der Waals surface area contributed by atoms with Gasteiger partial charge in [0.15, 0.2) is 11.7 Å². The summed E-state index contributed by atoms with van der Waals surface area (Å²) in [5.41, 5.74) is 1.06. The monoisotopic (exact) mass is 494 g/mol. The van der Waals surface area contributed by atoms with E-state index in [2.05, 4.69) is 22.5 Å². The van der Waals surface area contributed by atoms with Crippen molar-refractivity contribution in [3.8, 4) is 0 Å². The molecule has 2 unspecified atom stereocenters. The molecule has 5 rings (SSSR count). The van der Waals surface area contributed by atoms with E-state index < -0.39 is 24.2 Å². The highest BCUT2D eigenvalue weighted by molar-refractivity contribution is 6.36. The number of furan rings is 1. The minimum Gasteiger partial charge on any atom is -0.467 e. The zero-order chi connectivity index (χ0) is 23.9. The first-order valence-corrected chi connectivity index (χ1v) is 11.5. The van der Waals surface area contributed by atoms with Crippen molar-refractivity contribution in [2.24, 2.45) is 0 Å². The SMILES string of the molecule is O=C(c1nn2c(c1Cl)NC(c1ccco1)CC2C(F)(F)F)N1CC[NH+](Cc2ccccc2)CC1. The number of anilines is 1. The van der Waals surface area contributed by atoms with Crippen LogP contribution in [0.5, 0.6) is 0 Å². The Morgan fingerprint density at radius 1 is 1.18 bits per heavy atom. The molecule has 0 saturated carbocycles. The van der Waals surface area contributed by atoms with E-state index in [9.17, 15) is 18.0 Å². The zero-order valence-electron chi connectivity index (χ0n) is 18.2. The average Bonchev–Trinajstić information content (AvgIpc) is 3.47. The Balaban J connectivity index is 1.34. The zero-order valence-corrected chi connectivity index (χ0v) is 18.9. The van der Waals surface area contributed by atoms with E-state index in [-0.39, 0.29) is 23.0 Å². The minimum atomic E-state index is -4.57. The van der Waals surface area contributed by atoms with Crippen molar-refractivity contribution in [2.45, 2.75) is 31.2 Å². The Kier molecular flexibility index (Phi) is 6.03. The number of rotatable bonds is 4. The second-order valence-corrected chi connectivity index (χ2v) is 9.04. The molecule has 2 atom stereocenters. The summed E-state index contributed by atoms with van der Waals surface area (Å²) in [6, 6.07) is 10.7. The molecule has 2 aliphatic rings. The van der Waals surface area contributed by atoms with Crippen molar-refractivity contribution >= 4 is 23.3 Å². The lowest BCUT2D eigenvalue weighted by Gasteiger charge is -2.32. The third-order valence-corrected chi connectivity index (χ3v) is 6.80. The maximum absolute atomic E-state index is 13.9. The maximum Gasteiger partial charge on any atom is 0.410 e. The summed E-state index contributed by atoms with van der Waals surface area (Å²) in [5, 5.41) is 6.93. The number of nitrogens with one attached hydrogen (secondary N) is 2. The molecule has 2 N–H and O–H groups in total. The predicted molar refractivity (Wildman–Crippen MR) is 119 cm³/mol. The number of nitrogens with zero attached hydrogens (tertiary/aromatic N) is 3. The molecule has 2 aromatic heterocycles. The third-order valence-electron chi connectivity index (χ3n) is 6.44. The van der Waals surface area contributed by atoms with Gasteiger partial charge in [-0.3, -0.25) is 4.79 Å². The summed E-state index contributed by atoms with van der Waals surface area (Å²) in [4.78, 5) is 16.1. The number of hydrogen-bond donors (Lipinski definition) is 2. The molecule has 4 heterocycles. The Labute approximate surface area is 199 Å². The fraction of sp³-hybridized carbons (Fsp3) is 0.391. The number of hydrogen-bond acceptors (Lipinski definition) is 4. The van der Waals surface area contributed by atoms with Crippen molar-refractivity contribution in [2.75, 3.05) is 31.5 Å². The summed E-state index contributed by atoms with van der Waals surface area (Å²) in [5.74, 6) is -0.112. The number of piperazine rings is 1. The van der Waals surface area contributed by atoms with Gasteiger partial charge in [-0.2, -0.15) is 18.3 Å². The highest BCUT2D eigenvalue weighted by Crippen LogP contribution is 2.46. The Morgan fingerprint density at radius 2 is 1.91 bits per heavy atom. The van der Waals surface area contributed by atoms with Gasteiger partial charge in [-0.15, -0.1) is 0 Å². The Hall–Kier alpha value is -2.98. The van der Waals surface area contributed by atoms with Crippen LogP contribution >= 0.6 is 11.6 Å². The van der Waals surface area contributed by atoms with E-state index >= 15 is 0 Å². The van der Waals surface area contributed by atoms with Crippen LogP contribution in [0.3, 0.4) is 0 Å². The standard InChI is InChI=1S/C23H23ClF3N5O2/c24-19-20(22(33)31-10-8-30(9-11-31)14-15-5-2-1-3-6-15)29-32-18(23(25,26)27)13-16(28-21(19)32)17-7-4-12-34-17/h1-7,12,16,18,28H,8-11,13-14H2/p+1. The second kappa shape index (κ2) is 8.99. The van der Waals surface area contributed by atoms with E-state index in [1.165, 1.54) is 16.7 Å². The smallest absolute Gasteiger partial charge is 0.410 e. The fourth-order valence-corrected chi connectivity index (χ4v) is 4.90. The molecule has 3 aromatic rings. The lowest BCUT2D eigenvalue weighted by atomic mass is 10.0. The fourth-order valence-electron chi connectivity index (χ4n) is 4.64. The van der Waals surface area contributed by atoms with Gasteiger partial charge in [0.05, 0.1) is 38.5 Å². The van der Waals surface area contributed by atoms with Gasteiger partial charge in [0.2, 0.25) is 0 Å². The van der Waals surface area contributed by atoms with Crippen molar-refractivity contribution in [1.82, 2.24) is 14.7 Å². The molecular weight excluding hydrogens is 471 g/mol. The van der Waals surface area contributed by atoms with Crippen LogP contribution in [0.2, 0.25) is 5.02 Å². The number of carbonyl (C=O) groups excluding carboxylic acids is 1. The number of fused-ring (bicyclic) bond motifs is 1. The van der Waals surface area contributed by atoms with Crippen LogP contribution in [0.1, 0.15) is 40.3 Å². The lowest BCUT2D eigenvalue weighted by molar-refractivity contribution is -0.917. The predicted octanol–water partition coefficient (Wildman–Crippen LogP) is 3.33. The highest BCUT2D eigenvalue weighted by Gasteiger charge is 2.48. The van der Waals surface area contributed by atoms with E-state index in [0.29, 0.717) is 18.8 Å². The van der Waals surface area contributed by atoms with Crippen LogP contribution in [-0.4, -0.2) is 52.9 Å². The van der Waals surface area contributed by atoms with Crippen molar-refractivity contribution in [3.63, 3.8) is 0 Å². The van der Waals surface area contributed by atoms with Crippen LogP contribution in [0.15, 0.2) is 53.1 Å². The molecule has 34 heavy (non-hydrogen) atoms. The van der Waals surface area contributed by atoms with Crippen LogP contribution in [-0.2, 0) is 6.54 Å². The van der Waals surface area contributed by atoms with Gasteiger partial charge in [0.25, 0.3) is 5.91 Å². The van der Waals surface area contributed by atoms with Crippen molar-refractivity contribution in [3.05, 3.63) is 70.8 Å². The van der Waals surface area contributed by atoms with Crippen molar-refractivity contribution in [1.29, 1.82) is 0 Å². The summed E-state index contributed by atoms with van der Waals surface area (Å²) in [6.07, 6.45) is -3.48. The van der Waals surface area contributed by atoms with E-state index in [1.807, 2.05) is 18.2 Å². The van der Waals surface area contributed by atoms with E-state index in [4.69, 9.17) is 16.0 Å². The van der Waals surface area contributed by atoms with Gasteiger partial charge in [0, 0.05) is 12.0 Å². The minimum absolute atomic E-state index is 0.0201. The molecule has 1 aromatic carbocycles. The highest BCUT2D eigenvalue weighted by atomic mass is 35.5. The first-order chi connectivity index (χ1) is 16.3. The van der Waals surface area contributed by atoms with Gasteiger partial charge in [-0.05, 0) is 12.1 Å². The van der Waals surface area contributed by atoms with Gasteiger partial charge in [0.1, 0.15) is 23.1 Å². The van der Waals surface area contributed by atoms with Gasteiger partial charge in [-0.25, -0.2) is 4.68 Å². The third kappa shape index (κ3) is 4.39. The summed E-state index contributed by atoms with van der Waals surface area (Å²) < 4.78 is 47.8. The average molecular weight is 495 g/mol. The summed E-state index contributed by atoms with van der Waals surface area (Å²) >= 11 is 6.44. The first kappa shape index (κ1) is 22.8. The van der Waals surface area contributed by atoms with Crippen LogP contribution in [0, 0.1) is 0 Å². The molecule has 7 nitrogen and oxygen atoms in total. The molecule has 0 radical (unpaired) electrons. The Morgan fingerprint density at radius 3 is 2.56 bits per heavy atom. The number of aromatic nitrogens is 2. The molecule has 0 aliphatic carbocycles. The van der Waals surface area contributed by atoms with Gasteiger partial charge in [-0.1, -0.05) is 41.9 Å². The van der Waals surface area contributed by atoms with Crippen LogP contribution < -0.4 is 10.2 Å². The van der Waals surface area contributed by atoms with Gasteiger partial charge >= 0.3 is 6.18 Å². The first-order valence-electron chi connectivity index (χ1n) is 11.1. The molecule has 11 heteroatoms. The molecule has 1 saturated heterocycles. The quantitative estimate of drug-likeness (QED) is 0.584. The molecule has 180 valence electrons. The molecule has 0 bridgehead atoms. The Bertz CT molecular complexity index is 1140. The van der Waals surface area contributed by atoms with Gasteiger partial charge < -0.3 is 19.5 Å². The van der Waals surface area contributed by atoms with E-state index in [0.717, 1.165) is 24.3 Å². The molecule has 2 aliphatic heterocycles. The topological polar surface area (TPSA) is 67.7 Å². The number of halogens is 4. The lowest BCUT2D eigenvalue weighted by Crippen LogP contribution is -3.13. The molecule has 1 fully saturated rings. The van der Waals surface area contributed by atoms with Crippen LogP contribution in [0.25, 0.3) is 0 Å². The molecule has 0 spiro atoms.